The summed E-state index contributed by atoms with van der Waals surface area (Å²) in [6, 6.07) is 11.8. The van der Waals surface area contributed by atoms with Crippen molar-refractivity contribution in [2.24, 2.45) is 0 Å². The van der Waals surface area contributed by atoms with Gasteiger partial charge in [-0.05, 0) is 37.7 Å². The quantitative estimate of drug-likeness (QED) is 0.783. The molecule has 3 aromatic rings. The second-order valence-electron chi connectivity index (χ2n) is 5.45. The summed E-state index contributed by atoms with van der Waals surface area (Å²) in [6.07, 6.45) is 1.52. The second-order valence-corrected chi connectivity index (χ2v) is 6.43. The first-order valence-corrected chi connectivity index (χ1v) is 8.23. The van der Waals surface area contributed by atoms with E-state index in [1.165, 1.54) is 11.1 Å². The van der Waals surface area contributed by atoms with E-state index in [0.29, 0.717) is 12.2 Å². The van der Waals surface area contributed by atoms with Gasteiger partial charge in [-0.3, -0.25) is 9.78 Å². The number of hydrogen-bond donors (Lipinski definition) is 1. The fourth-order valence-corrected chi connectivity index (χ4v) is 3.29. The smallest absolute Gasteiger partial charge is 0.271 e. The Labute approximate surface area is 139 Å². The third kappa shape index (κ3) is 3.55. The summed E-state index contributed by atoms with van der Waals surface area (Å²) in [6.45, 7) is 0.529. The van der Waals surface area contributed by atoms with Gasteiger partial charge in [0.1, 0.15) is 5.69 Å². The minimum atomic E-state index is -0.202. The molecule has 6 heteroatoms. The molecule has 2 aromatic heterocycles. The summed E-state index contributed by atoms with van der Waals surface area (Å²) in [5.74, 6) is -0.202. The van der Waals surface area contributed by atoms with E-state index < -0.39 is 0 Å². The number of thiophene rings is 1. The maximum Gasteiger partial charge on any atom is 0.271 e. The molecule has 0 bridgehead atoms. The number of rotatable bonds is 5. The highest BCUT2D eigenvalue weighted by atomic mass is 32.1. The molecule has 23 heavy (non-hydrogen) atoms. The number of fused-ring (bicyclic) bond motifs is 1. The van der Waals surface area contributed by atoms with Crippen molar-refractivity contribution in [3.63, 3.8) is 0 Å². The first kappa shape index (κ1) is 15.6. The van der Waals surface area contributed by atoms with E-state index in [-0.39, 0.29) is 11.9 Å². The topological polar surface area (TPSA) is 58.1 Å². The van der Waals surface area contributed by atoms with Crippen LogP contribution in [0.4, 0.5) is 0 Å². The van der Waals surface area contributed by atoms with Crippen molar-refractivity contribution in [3.8, 4) is 0 Å². The molecular formula is C17H18N4OS. The van der Waals surface area contributed by atoms with Gasteiger partial charge < -0.3 is 10.2 Å². The van der Waals surface area contributed by atoms with E-state index in [0.717, 1.165) is 11.0 Å². The van der Waals surface area contributed by atoms with Crippen molar-refractivity contribution < 1.29 is 4.79 Å². The number of carbonyl (C=O) groups excluding carboxylic acids is 1. The van der Waals surface area contributed by atoms with Crippen LogP contribution in [0.25, 0.3) is 11.0 Å². The van der Waals surface area contributed by atoms with Gasteiger partial charge in [0, 0.05) is 11.4 Å². The highest BCUT2D eigenvalue weighted by Gasteiger charge is 2.17. The minimum Gasteiger partial charge on any atom is -0.349 e. The van der Waals surface area contributed by atoms with Gasteiger partial charge in [-0.1, -0.05) is 18.2 Å². The lowest BCUT2D eigenvalue weighted by atomic mass is 10.2. The molecule has 0 aliphatic carbocycles. The Morgan fingerprint density at radius 2 is 2.00 bits per heavy atom. The molecule has 1 unspecified atom stereocenters. The van der Waals surface area contributed by atoms with Crippen molar-refractivity contribution in [2.45, 2.75) is 6.04 Å². The van der Waals surface area contributed by atoms with Crippen molar-refractivity contribution in [1.82, 2.24) is 20.2 Å². The third-order valence-electron chi connectivity index (χ3n) is 3.63. The standard InChI is InChI=1S/C17H18N4OS/c1-21(2)15(16-8-5-9-23-16)11-19-17(22)14-10-18-12-6-3-4-7-13(12)20-14/h3-10,15H,11H2,1-2H3,(H,19,22). The number of carbonyl (C=O) groups is 1. The molecule has 0 radical (unpaired) electrons. The van der Waals surface area contributed by atoms with E-state index in [4.69, 9.17) is 0 Å². The van der Waals surface area contributed by atoms with E-state index >= 15 is 0 Å². The maximum atomic E-state index is 12.4. The van der Waals surface area contributed by atoms with Crippen LogP contribution in [-0.4, -0.2) is 41.4 Å². The zero-order valence-corrected chi connectivity index (χ0v) is 13.9. The Balaban J connectivity index is 1.72. The molecular weight excluding hydrogens is 308 g/mol. The molecule has 2 heterocycles. The molecule has 0 fully saturated rings. The Kier molecular flexibility index (Phi) is 4.64. The summed E-state index contributed by atoms with van der Waals surface area (Å²) in [7, 11) is 4.01. The predicted octanol–water partition coefficient (Wildman–Crippen LogP) is 2.72. The number of hydrogen-bond acceptors (Lipinski definition) is 5. The summed E-state index contributed by atoms with van der Waals surface area (Å²) < 4.78 is 0. The first-order valence-electron chi connectivity index (χ1n) is 7.35. The zero-order chi connectivity index (χ0) is 16.2. The molecule has 1 amide bonds. The summed E-state index contributed by atoms with van der Waals surface area (Å²) in [4.78, 5) is 24.3. The Morgan fingerprint density at radius 1 is 1.22 bits per heavy atom. The monoisotopic (exact) mass is 326 g/mol. The summed E-state index contributed by atoms with van der Waals surface area (Å²) in [5, 5.41) is 5.00. The van der Waals surface area contributed by atoms with Crippen LogP contribution in [0, 0.1) is 0 Å². The predicted molar refractivity (Wildman–Crippen MR) is 92.6 cm³/mol. The molecule has 0 aliphatic rings. The highest BCUT2D eigenvalue weighted by Crippen LogP contribution is 2.22. The van der Waals surface area contributed by atoms with Gasteiger partial charge in [0.05, 0.1) is 23.3 Å². The number of aromatic nitrogens is 2. The van der Waals surface area contributed by atoms with Crippen molar-refractivity contribution >= 4 is 28.3 Å². The van der Waals surface area contributed by atoms with Gasteiger partial charge in [-0.15, -0.1) is 11.3 Å². The van der Waals surface area contributed by atoms with Crippen LogP contribution in [-0.2, 0) is 0 Å². The van der Waals surface area contributed by atoms with Crippen LogP contribution in [0.5, 0.6) is 0 Å². The molecule has 0 spiro atoms. The number of para-hydroxylation sites is 2. The molecule has 5 nitrogen and oxygen atoms in total. The van der Waals surface area contributed by atoms with Gasteiger partial charge in [-0.2, -0.15) is 0 Å². The van der Waals surface area contributed by atoms with E-state index in [1.54, 1.807) is 11.3 Å². The van der Waals surface area contributed by atoms with Crippen LogP contribution < -0.4 is 5.32 Å². The normalized spacial score (nSPS) is 12.5. The Hall–Kier alpha value is -2.31. The summed E-state index contributed by atoms with van der Waals surface area (Å²) in [5.41, 5.74) is 1.85. The lowest BCUT2D eigenvalue weighted by molar-refractivity contribution is 0.0937. The van der Waals surface area contributed by atoms with Crippen LogP contribution in [0.1, 0.15) is 21.4 Å². The van der Waals surface area contributed by atoms with Crippen molar-refractivity contribution in [3.05, 3.63) is 58.5 Å². The number of amides is 1. The largest absolute Gasteiger partial charge is 0.349 e. The Bertz CT molecular complexity index is 801. The fourth-order valence-electron chi connectivity index (χ4n) is 2.37. The van der Waals surface area contributed by atoms with Gasteiger partial charge in [0.25, 0.3) is 5.91 Å². The molecule has 1 aromatic carbocycles. The van der Waals surface area contributed by atoms with Crippen molar-refractivity contribution in [2.75, 3.05) is 20.6 Å². The van der Waals surface area contributed by atoms with Crippen LogP contribution in [0.15, 0.2) is 48.0 Å². The number of nitrogens with zero attached hydrogens (tertiary/aromatic N) is 3. The van der Waals surface area contributed by atoms with Crippen molar-refractivity contribution in [1.29, 1.82) is 0 Å². The number of benzene rings is 1. The summed E-state index contributed by atoms with van der Waals surface area (Å²) >= 11 is 1.69. The number of nitrogens with one attached hydrogen (secondary N) is 1. The molecule has 3 rings (SSSR count). The maximum absolute atomic E-state index is 12.4. The SMILES string of the molecule is CN(C)C(CNC(=O)c1cnc2ccccc2n1)c1cccs1. The van der Waals surface area contributed by atoms with E-state index in [9.17, 15) is 4.79 Å². The van der Waals surface area contributed by atoms with Gasteiger partial charge in [0.15, 0.2) is 0 Å². The van der Waals surface area contributed by atoms with Crippen LogP contribution >= 0.6 is 11.3 Å². The minimum absolute atomic E-state index is 0.146. The molecule has 118 valence electrons. The highest BCUT2D eigenvalue weighted by molar-refractivity contribution is 7.10. The van der Waals surface area contributed by atoms with Gasteiger partial charge in [0.2, 0.25) is 0 Å². The van der Waals surface area contributed by atoms with E-state index in [1.807, 2.05) is 49.8 Å². The third-order valence-corrected chi connectivity index (χ3v) is 4.61. The lowest BCUT2D eigenvalue weighted by Gasteiger charge is -2.23. The molecule has 1 N–H and O–H groups in total. The average molecular weight is 326 g/mol. The van der Waals surface area contributed by atoms with Crippen LogP contribution in [0.2, 0.25) is 0 Å². The van der Waals surface area contributed by atoms with Gasteiger partial charge in [-0.25, -0.2) is 4.98 Å². The first-order chi connectivity index (χ1) is 11.1. The molecule has 0 saturated heterocycles. The average Bonchev–Trinajstić information content (AvgIpc) is 3.08. The lowest BCUT2D eigenvalue weighted by Crippen LogP contribution is -2.34. The molecule has 0 aliphatic heterocycles. The van der Waals surface area contributed by atoms with Gasteiger partial charge >= 0.3 is 0 Å². The molecule has 1 atom stereocenters. The zero-order valence-electron chi connectivity index (χ0n) is 13.1. The fraction of sp³-hybridized carbons (Fsp3) is 0.235. The molecule has 0 saturated carbocycles. The second kappa shape index (κ2) is 6.85. The number of likely N-dealkylation sites (N-methyl/N-ethyl adjacent to an activating group) is 1. The van der Waals surface area contributed by atoms with E-state index in [2.05, 4.69) is 26.3 Å². The van der Waals surface area contributed by atoms with Crippen LogP contribution in [0.3, 0.4) is 0 Å². The Morgan fingerprint density at radius 3 is 2.70 bits per heavy atom.